The van der Waals surface area contributed by atoms with Crippen molar-refractivity contribution in [2.45, 2.75) is 32.9 Å². The Kier molecular flexibility index (Phi) is 3.08. The van der Waals surface area contributed by atoms with Gasteiger partial charge in [-0.3, -0.25) is 0 Å². The zero-order chi connectivity index (χ0) is 10.8. The molecule has 2 nitrogen and oxygen atoms in total. The fourth-order valence-corrected chi connectivity index (χ4v) is 1.99. The Balaban J connectivity index is 2.18. The summed E-state index contributed by atoms with van der Waals surface area (Å²) in [7, 11) is 0. The van der Waals surface area contributed by atoms with Gasteiger partial charge in [0.25, 0.3) is 0 Å². The van der Waals surface area contributed by atoms with Crippen LogP contribution < -0.4 is 5.32 Å². The molecule has 1 aliphatic heterocycles. The van der Waals surface area contributed by atoms with Gasteiger partial charge in [0.1, 0.15) is 0 Å². The van der Waals surface area contributed by atoms with Crippen LogP contribution in [0.3, 0.4) is 0 Å². The van der Waals surface area contributed by atoms with Gasteiger partial charge in [0.15, 0.2) is 0 Å². The molecule has 0 aromatic heterocycles. The van der Waals surface area contributed by atoms with Crippen LogP contribution in [0.1, 0.15) is 29.7 Å². The molecular weight excluding hydrogens is 186 g/mol. The van der Waals surface area contributed by atoms with E-state index in [1.54, 1.807) is 0 Å². The Morgan fingerprint density at radius 1 is 1.33 bits per heavy atom. The van der Waals surface area contributed by atoms with Crippen molar-refractivity contribution >= 4 is 0 Å². The third-order valence-corrected chi connectivity index (χ3v) is 2.98. The van der Waals surface area contributed by atoms with Crippen LogP contribution in [0, 0.1) is 13.8 Å². The van der Waals surface area contributed by atoms with Gasteiger partial charge in [-0.2, -0.15) is 0 Å². The van der Waals surface area contributed by atoms with Gasteiger partial charge < -0.3 is 10.1 Å². The molecule has 0 amide bonds. The molecule has 2 rings (SSSR count). The number of rotatable bonds is 1. The molecule has 1 heterocycles. The summed E-state index contributed by atoms with van der Waals surface area (Å²) in [4.78, 5) is 0. The normalized spacial score (nSPS) is 26.6. The monoisotopic (exact) mass is 205 g/mol. The summed E-state index contributed by atoms with van der Waals surface area (Å²) >= 11 is 0. The van der Waals surface area contributed by atoms with E-state index >= 15 is 0 Å². The highest BCUT2D eigenvalue weighted by Crippen LogP contribution is 2.24. The summed E-state index contributed by atoms with van der Waals surface area (Å²) in [5, 5.41) is 3.45. The van der Waals surface area contributed by atoms with Crippen LogP contribution in [-0.4, -0.2) is 19.2 Å². The quantitative estimate of drug-likeness (QED) is 0.760. The van der Waals surface area contributed by atoms with Gasteiger partial charge in [0, 0.05) is 12.6 Å². The van der Waals surface area contributed by atoms with Crippen molar-refractivity contribution in [1.82, 2.24) is 5.32 Å². The van der Waals surface area contributed by atoms with Gasteiger partial charge in [0.05, 0.1) is 12.7 Å². The SMILES string of the molecule is Cc1ccc(C)c([C@@H]2CN[C@@H](C)CO2)c1. The van der Waals surface area contributed by atoms with E-state index in [9.17, 15) is 0 Å². The van der Waals surface area contributed by atoms with E-state index in [1.165, 1.54) is 16.7 Å². The molecule has 0 spiro atoms. The second-order valence-electron chi connectivity index (χ2n) is 4.49. The maximum absolute atomic E-state index is 5.85. The maximum Gasteiger partial charge on any atom is 0.0952 e. The first-order chi connectivity index (χ1) is 7.16. The summed E-state index contributed by atoms with van der Waals surface area (Å²) < 4.78 is 5.85. The molecule has 0 unspecified atom stereocenters. The minimum absolute atomic E-state index is 0.223. The highest BCUT2D eigenvalue weighted by molar-refractivity contribution is 5.32. The molecule has 0 bridgehead atoms. The molecule has 1 saturated heterocycles. The Morgan fingerprint density at radius 2 is 2.13 bits per heavy atom. The van der Waals surface area contributed by atoms with Crippen molar-refractivity contribution in [1.29, 1.82) is 0 Å². The predicted octanol–water partition coefficient (Wildman–Crippen LogP) is 2.35. The molecule has 0 aliphatic carbocycles. The van der Waals surface area contributed by atoms with Crippen LogP contribution in [0.25, 0.3) is 0 Å². The largest absolute Gasteiger partial charge is 0.371 e. The van der Waals surface area contributed by atoms with Gasteiger partial charge >= 0.3 is 0 Å². The standard InChI is InChI=1S/C13H19NO/c1-9-4-5-10(2)12(6-9)13-7-14-11(3)8-15-13/h4-6,11,13-14H,7-8H2,1-3H3/t11-,13-/m0/s1. The molecule has 1 N–H and O–H groups in total. The van der Waals surface area contributed by atoms with E-state index in [2.05, 4.69) is 44.3 Å². The zero-order valence-corrected chi connectivity index (χ0v) is 9.71. The fourth-order valence-electron chi connectivity index (χ4n) is 1.99. The zero-order valence-electron chi connectivity index (χ0n) is 9.71. The molecule has 2 heteroatoms. The number of ether oxygens (including phenoxy) is 1. The van der Waals surface area contributed by atoms with E-state index in [4.69, 9.17) is 4.74 Å². The molecule has 1 aromatic rings. The molecule has 1 fully saturated rings. The lowest BCUT2D eigenvalue weighted by Crippen LogP contribution is -2.40. The average Bonchev–Trinajstić information content (AvgIpc) is 2.23. The molecular formula is C13H19NO. The van der Waals surface area contributed by atoms with Crippen LogP contribution in [0.5, 0.6) is 0 Å². The predicted molar refractivity (Wildman–Crippen MR) is 62.1 cm³/mol. The lowest BCUT2D eigenvalue weighted by Gasteiger charge is -2.29. The van der Waals surface area contributed by atoms with E-state index in [0.717, 1.165) is 13.2 Å². The van der Waals surface area contributed by atoms with Gasteiger partial charge in [-0.05, 0) is 31.9 Å². The summed E-state index contributed by atoms with van der Waals surface area (Å²) in [6.45, 7) is 8.15. The number of hydrogen-bond donors (Lipinski definition) is 1. The highest BCUT2D eigenvalue weighted by atomic mass is 16.5. The van der Waals surface area contributed by atoms with E-state index in [-0.39, 0.29) is 6.10 Å². The smallest absolute Gasteiger partial charge is 0.0952 e. The maximum atomic E-state index is 5.85. The third kappa shape index (κ3) is 2.39. The van der Waals surface area contributed by atoms with E-state index in [1.807, 2.05) is 0 Å². The van der Waals surface area contributed by atoms with Crippen LogP contribution in [0.15, 0.2) is 18.2 Å². The number of aryl methyl sites for hydroxylation is 2. The first-order valence-corrected chi connectivity index (χ1v) is 5.59. The third-order valence-electron chi connectivity index (χ3n) is 2.98. The van der Waals surface area contributed by atoms with Gasteiger partial charge in [-0.15, -0.1) is 0 Å². The van der Waals surface area contributed by atoms with E-state index < -0.39 is 0 Å². The second kappa shape index (κ2) is 4.33. The molecule has 15 heavy (non-hydrogen) atoms. The van der Waals surface area contributed by atoms with Crippen molar-refractivity contribution in [2.75, 3.05) is 13.2 Å². The van der Waals surface area contributed by atoms with E-state index in [0.29, 0.717) is 6.04 Å². The first kappa shape index (κ1) is 10.7. The number of benzene rings is 1. The minimum Gasteiger partial charge on any atom is -0.371 e. The van der Waals surface area contributed by atoms with Crippen LogP contribution in [0.2, 0.25) is 0 Å². The van der Waals surface area contributed by atoms with Crippen molar-refractivity contribution in [3.05, 3.63) is 34.9 Å². The highest BCUT2D eigenvalue weighted by Gasteiger charge is 2.20. The van der Waals surface area contributed by atoms with Crippen molar-refractivity contribution < 1.29 is 4.74 Å². The number of nitrogens with one attached hydrogen (secondary N) is 1. The molecule has 0 saturated carbocycles. The molecule has 82 valence electrons. The fraction of sp³-hybridized carbons (Fsp3) is 0.538. The summed E-state index contributed by atoms with van der Waals surface area (Å²) in [6.07, 6.45) is 0.223. The minimum atomic E-state index is 0.223. The Labute approximate surface area is 91.6 Å². The summed E-state index contributed by atoms with van der Waals surface area (Å²) in [6, 6.07) is 7.04. The second-order valence-corrected chi connectivity index (χ2v) is 4.49. The summed E-state index contributed by atoms with van der Waals surface area (Å²) in [5.74, 6) is 0. The molecule has 1 aromatic carbocycles. The summed E-state index contributed by atoms with van der Waals surface area (Å²) in [5.41, 5.74) is 3.95. The molecule has 1 aliphatic rings. The lowest BCUT2D eigenvalue weighted by molar-refractivity contribution is 0.00659. The number of hydrogen-bond acceptors (Lipinski definition) is 2. The number of morpholine rings is 1. The first-order valence-electron chi connectivity index (χ1n) is 5.59. The molecule has 2 atom stereocenters. The van der Waals surface area contributed by atoms with Crippen LogP contribution in [-0.2, 0) is 4.74 Å². The molecule has 0 radical (unpaired) electrons. The Hall–Kier alpha value is -0.860. The van der Waals surface area contributed by atoms with Gasteiger partial charge in [-0.1, -0.05) is 23.8 Å². The van der Waals surface area contributed by atoms with Crippen molar-refractivity contribution in [2.24, 2.45) is 0 Å². The Morgan fingerprint density at radius 3 is 2.80 bits per heavy atom. The average molecular weight is 205 g/mol. The van der Waals surface area contributed by atoms with Crippen LogP contribution in [0.4, 0.5) is 0 Å². The van der Waals surface area contributed by atoms with Crippen molar-refractivity contribution in [3.8, 4) is 0 Å². The van der Waals surface area contributed by atoms with Gasteiger partial charge in [-0.25, -0.2) is 0 Å². The Bertz CT molecular complexity index is 340. The topological polar surface area (TPSA) is 21.3 Å². The lowest BCUT2D eigenvalue weighted by atomic mass is 9.99. The van der Waals surface area contributed by atoms with Gasteiger partial charge in [0.2, 0.25) is 0 Å². The van der Waals surface area contributed by atoms with Crippen molar-refractivity contribution in [3.63, 3.8) is 0 Å². The van der Waals surface area contributed by atoms with Crippen LogP contribution >= 0.6 is 0 Å².